The van der Waals surface area contributed by atoms with E-state index in [4.69, 9.17) is 0 Å². The molecule has 4 unspecified atom stereocenters. The van der Waals surface area contributed by atoms with Crippen LogP contribution in [-0.4, -0.2) is 8.07 Å². The van der Waals surface area contributed by atoms with Crippen molar-refractivity contribution in [2.75, 3.05) is 0 Å². The highest BCUT2D eigenvalue weighted by molar-refractivity contribution is 6.85. The summed E-state index contributed by atoms with van der Waals surface area (Å²) in [5.74, 6) is 1.28. The lowest BCUT2D eigenvalue weighted by atomic mass is 9.87. The summed E-state index contributed by atoms with van der Waals surface area (Å²) in [6.07, 6.45) is 36.9. The van der Waals surface area contributed by atoms with Crippen LogP contribution in [0.4, 0.5) is 0 Å². The Morgan fingerprint density at radius 2 is 1.17 bits per heavy atom. The molecule has 0 saturated carbocycles. The third-order valence-electron chi connectivity index (χ3n) is 9.49. The van der Waals surface area contributed by atoms with Crippen LogP contribution in [-0.2, 0) is 0 Å². The highest BCUT2D eigenvalue weighted by atomic mass is 28.3. The molecule has 6 aliphatic carbocycles. The lowest BCUT2D eigenvalue weighted by Crippen LogP contribution is -2.54. The summed E-state index contributed by atoms with van der Waals surface area (Å²) in [5, 5.41) is 0.831. The molecule has 0 fully saturated rings. The predicted octanol–water partition coefficient (Wildman–Crippen LogP) is 7.76. The molecule has 6 aliphatic rings. The van der Waals surface area contributed by atoms with Crippen LogP contribution in [0.25, 0.3) is 0 Å². The lowest BCUT2D eigenvalue weighted by Gasteiger charge is -2.57. The standard InChI is InChI=1S/C28H32Si/c1-29(2,27-17-9-7-15-25(27)23-13-5-3-11-21(23)19-27)28-18-10-8-16-26(28)24-14-6-4-12-22(24)20-28/h3-8,11-16,21-22H,9-10,17-20H2,1-2H3. The molecule has 0 saturated heterocycles. The Balaban J connectivity index is 1.55. The smallest absolute Gasteiger partial charge is 0.0698 e. The van der Waals surface area contributed by atoms with Crippen LogP contribution in [0.1, 0.15) is 38.5 Å². The zero-order valence-corrected chi connectivity index (χ0v) is 18.8. The van der Waals surface area contributed by atoms with Crippen LogP contribution in [0.2, 0.25) is 23.2 Å². The van der Waals surface area contributed by atoms with Gasteiger partial charge in [0.05, 0.1) is 8.07 Å². The van der Waals surface area contributed by atoms with E-state index in [2.05, 4.69) is 86.0 Å². The Labute approximate surface area is 176 Å². The Morgan fingerprint density at radius 1 is 0.690 bits per heavy atom. The maximum Gasteiger partial charge on any atom is 0.0698 e. The molecule has 0 heterocycles. The van der Waals surface area contributed by atoms with E-state index < -0.39 is 8.07 Å². The van der Waals surface area contributed by atoms with E-state index in [1.807, 2.05) is 0 Å². The first kappa shape index (κ1) is 17.9. The number of rotatable bonds is 2. The van der Waals surface area contributed by atoms with Gasteiger partial charge < -0.3 is 0 Å². The zero-order valence-electron chi connectivity index (χ0n) is 17.8. The second kappa shape index (κ2) is 6.08. The average Bonchev–Trinajstić information content (AvgIpc) is 3.29. The number of fused-ring (bicyclic) bond motifs is 4. The molecule has 0 spiro atoms. The maximum atomic E-state index is 2.78. The second-order valence-corrected chi connectivity index (χ2v) is 15.7. The summed E-state index contributed by atoms with van der Waals surface area (Å²) in [6.45, 7) is 5.56. The normalized spacial score (nSPS) is 39.1. The van der Waals surface area contributed by atoms with Crippen molar-refractivity contribution in [2.24, 2.45) is 11.8 Å². The lowest BCUT2D eigenvalue weighted by molar-refractivity contribution is 0.454. The fourth-order valence-electron chi connectivity index (χ4n) is 7.94. The van der Waals surface area contributed by atoms with Gasteiger partial charge in [-0.1, -0.05) is 86.0 Å². The summed E-state index contributed by atoms with van der Waals surface area (Å²) in [7, 11) is -1.73. The highest BCUT2D eigenvalue weighted by Crippen LogP contribution is 2.74. The summed E-state index contributed by atoms with van der Waals surface area (Å²) in [5.41, 5.74) is 6.72. The topological polar surface area (TPSA) is 0 Å². The predicted molar refractivity (Wildman–Crippen MR) is 126 cm³/mol. The third-order valence-corrected chi connectivity index (χ3v) is 15.7. The van der Waals surface area contributed by atoms with Gasteiger partial charge in [0.25, 0.3) is 0 Å². The summed E-state index contributed by atoms with van der Waals surface area (Å²) in [4.78, 5) is 0. The van der Waals surface area contributed by atoms with Crippen LogP contribution < -0.4 is 0 Å². The number of hydrogen-bond donors (Lipinski definition) is 0. The van der Waals surface area contributed by atoms with Crippen molar-refractivity contribution in [1.82, 2.24) is 0 Å². The fraction of sp³-hybridized carbons (Fsp3) is 0.429. The molecule has 4 atom stereocenters. The van der Waals surface area contributed by atoms with Crippen molar-refractivity contribution in [3.8, 4) is 0 Å². The minimum Gasteiger partial charge on any atom is -0.0842 e. The first-order valence-corrected chi connectivity index (χ1v) is 14.6. The number of hydrogen-bond acceptors (Lipinski definition) is 0. The van der Waals surface area contributed by atoms with Gasteiger partial charge >= 0.3 is 0 Å². The van der Waals surface area contributed by atoms with E-state index in [1.54, 1.807) is 22.3 Å². The first-order valence-electron chi connectivity index (χ1n) is 11.6. The molecule has 1 heteroatoms. The molecule has 29 heavy (non-hydrogen) atoms. The molecule has 6 rings (SSSR count). The van der Waals surface area contributed by atoms with Crippen molar-refractivity contribution >= 4 is 8.07 Å². The van der Waals surface area contributed by atoms with E-state index in [-0.39, 0.29) is 0 Å². The minimum atomic E-state index is -1.73. The van der Waals surface area contributed by atoms with E-state index in [9.17, 15) is 0 Å². The van der Waals surface area contributed by atoms with Gasteiger partial charge in [0.2, 0.25) is 0 Å². The molecule has 0 aromatic rings. The van der Waals surface area contributed by atoms with E-state index >= 15 is 0 Å². The summed E-state index contributed by atoms with van der Waals surface area (Å²) in [6, 6.07) is 0. The van der Waals surface area contributed by atoms with E-state index in [0.29, 0.717) is 21.9 Å². The monoisotopic (exact) mass is 396 g/mol. The van der Waals surface area contributed by atoms with Crippen LogP contribution in [0, 0.1) is 11.8 Å². The van der Waals surface area contributed by atoms with Crippen LogP contribution in [0.5, 0.6) is 0 Å². The molecular weight excluding hydrogens is 364 g/mol. The van der Waals surface area contributed by atoms with Gasteiger partial charge in [-0.25, -0.2) is 0 Å². The quantitative estimate of drug-likeness (QED) is 0.418. The van der Waals surface area contributed by atoms with E-state index in [1.165, 1.54) is 38.5 Å². The Morgan fingerprint density at radius 3 is 1.66 bits per heavy atom. The average molecular weight is 397 g/mol. The number of allylic oxidation sites excluding steroid dienone is 16. The molecule has 148 valence electrons. The largest absolute Gasteiger partial charge is 0.0842 e. The third kappa shape index (κ3) is 2.15. The van der Waals surface area contributed by atoms with Gasteiger partial charge in [0, 0.05) is 11.8 Å². The zero-order chi connectivity index (χ0) is 19.7. The van der Waals surface area contributed by atoms with E-state index in [0.717, 1.165) is 0 Å². The van der Waals surface area contributed by atoms with Crippen molar-refractivity contribution in [3.63, 3.8) is 0 Å². The summed E-state index contributed by atoms with van der Waals surface area (Å²) < 4.78 is 0. The molecule has 0 bridgehead atoms. The molecule has 0 N–H and O–H groups in total. The van der Waals surface area contributed by atoms with Crippen LogP contribution in [0.3, 0.4) is 0 Å². The molecule has 0 aromatic heterocycles. The van der Waals surface area contributed by atoms with Gasteiger partial charge in [-0.05, 0) is 70.9 Å². The minimum absolute atomic E-state index is 0.415. The van der Waals surface area contributed by atoms with Crippen LogP contribution >= 0.6 is 0 Å². The molecule has 0 radical (unpaired) electrons. The molecule has 0 aromatic carbocycles. The molecular formula is C28H32Si. The van der Waals surface area contributed by atoms with Gasteiger partial charge in [0.1, 0.15) is 0 Å². The summed E-state index contributed by atoms with van der Waals surface area (Å²) >= 11 is 0. The highest BCUT2D eigenvalue weighted by Gasteiger charge is 2.65. The molecule has 0 aliphatic heterocycles. The maximum absolute atomic E-state index is 2.78. The van der Waals surface area contributed by atoms with Gasteiger partial charge in [-0.3, -0.25) is 0 Å². The fourth-order valence-corrected chi connectivity index (χ4v) is 13.7. The SMILES string of the molecule is C[Si](C)(C12CCC=CC1=C1C=CC=CC1C2)C12CCC=CC1=C1C=CC=CC1C2. The first-order chi connectivity index (χ1) is 14.1. The van der Waals surface area contributed by atoms with Crippen LogP contribution in [0.15, 0.2) is 95.2 Å². The van der Waals surface area contributed by atoms with Gasteiger partial charge in [0.15, 0.2) is 0 Å². The van der Waals surface area contributed by atoms with Crippen molar-refractivity contribution < 1.29 is 0 Å². The van der Waals surface area contributed by atoms with Crippen molar-refractivity contribution in [3.05, 3.63) is 95.2 Å². The van der Waals surface area contributed by atoms with Crippen molar-refractivity contribution in [1.29, 1.82) is 0 Å². The molecule has 0 amide bonds. The Kier molecular flexibility index (Phi) is 3.76. The second-order valence-electron chi connectivity index (χ2n) is 10.5. The van der Waals surface area contributed by atoms with Gasteiger partial charge in [-0.2, -0.15) is 0 Å². The van der Waals surface area contributed by atoms with Gasteiger partial charge in [-0.15, -0.1) is 0 Å². The Bertz CT molecular complexity index is 925. The Hall–Kier alpha value is -1.86. The van der Waals surface area contributed by atoms with Crippen molar-refractivity contribution in [2.45, 2.75) is 61.7 Å². The molecule has 0 nitrogen and oxygen atoms in total.